The van der Waals surface area contributed by atoms with Crippen molar-refractivity contribution in [3.05, 3.63) is 92.8 Å². The van der Waals surface area contributed by atoms with Crippen molar-refractivity contribution in [1.82, 2.24) is 0 Å². The summed E-state index contributed by atoms with van der Waals surface area (Å²) in [4.78, 5) is 25.7. The van der Waals surface area contributed by atoms with Crippen molar-refractivity contribution in [2.45, 2.75) is 89.9 Å². The molecule has 0 bridgehead atoms. The SMILES string of the molecule is COC1=C[C@@](C)(OC)C(C[C@@H](O[Si](C)(C)C(C)(C)C)[C@@H](Cc2ccc(OC)c(OCc3ccccc3)c2)[N+](=O)[O-])=C(C)C1=O. The van der Waals surface area contributed by atoms with Crippen molar-refractivity contribution in [3.8, 4) is 11.5 Å². The second-order valence-corrected chi connectivity index (χ2v) is 17.6. The van der Waals surface area contributed by atoms with Crippen LogP contribution >= 0.6 is 0 Å². The van der Waals surface area contributed by atoms with Crippen LogP contribution in [-0.2, 0) is 31.7 Å². The molecule has 0 aliphatic heterocycles. The number of nitro groups is 1. The number of Topliss-reactive ketones (excluding diaryl/α,β-unsaturated/α-hetero) is 1. The Bertz CT molecular complexity index is 1400. The highest BCUT2D eigenvalue weighted by Crippen LogP contribution is 2.42. The third-order valence-electron chi connectivity index (χ3n) is 8.93. The number of allylic oxidation sites excluding steroid dienone is 1. The zero-order chi connectivity index (χ0) is 32.9. The minimum Gasteiger partial charge on any atom is -0.493 e. The number of carbonyl (C=O) groups excluding carboxylic acids is 1. The van der Waals surface area contributed by atoms with Gasteiger partial charge in [0.15, 0.2) is 25.6 Å². The maximum atomic E-state index is 13.2. The normalized spacial score (nSPS) is 18.9. The molecule has 2 aromatic rings. The van der Waals surface area contributed by atoms with Crippen molar-refractivity contribution >= 4 is 14.1 Å². The highest BCUT2D eigenvalue weighted by Gasteiger charge is 2.46. The molecule has 0 heterocycles. The van der Waals surface area contributed by atoms with Gasteiger partial charge in [0, 0.05) is 30.4 Å². The molecule has 3 rings (SSSR count). The first kappa shape index (κ1) is 35.0. The topological polar surface area (TPSA) is 106 Å². The van der Waals surface area contributed by atoms with E-state index in [2.05, 4.69) is 33.9 Å². The van der Waals surface area contributed by atoms with Gasteiger partial charge in [-0.05, 0) is 66.9 Å². The Hall–Kier alpha value is -3.47. The zero-order valence-electron chi connectivity index (χ0n) is 27.7. The molecule has 2 aromatic carbocycles. The Morgan fingerprint density at radius 1 is 0.955 bits per heavy atom. The quantitative estimate of drug-likeness (QED) is 0.125. The van der Waals surface area contributed by atoms with Crippen LogP contribution < -0.4 is 9.47 Å². The zero-order valence-corrected chi connectivity index (χ0v) is 28.7. The molecule has 44 heavy (non-hydrogen) atoms. The van der Waals surface area contributed by atoms with Gasteiger partial charge in [-0.2, -0.15) is 0 Å². The van der Waals surface area contributed by atoms with E-state index in [1.807, 2.05) is 43.3 Å². The Morgan fingerprint density at radius 3 is 2.16 bits per heavy atom. The van der Waals surface area contributed by atoms with Crippen LogP contribution in [0.3, 0.4) is 0 Å². The fraction of sp³-hybridized carbons (Fsp3) is 0.500. The van der Waals surface area contributed by atoms with Gasteiger partial charge in [0.1, 0.15) is 18.3 Å². The molecule has 0 unspecified atom stereocenters. The van der Waals surface area contributed by atoms with E-state index in [9.17, 15) is 14.9 Å². The lowest BCUT2D eigenvalue weighted by molar-refractivity contribution is -0.533. The maximum absolute atomic E-state index is 13.2. The summed E-state index contributed by atoms with van der Waals surface area (Å²) >= 11 is 0. The summed E-state index contributed by atoms with van der Waals surface area (Å²) in [7, 11) is 2.05. The van der Waals surface area contributed by atoms with E-state index in [-0.39, 0.29) is 34.3 Å². The summed E-state index contributed by atoms with van der Waals surface area (Å²) in [6.45, 7) is 14.3. The Balaban J connectivity index is 2.04. The number of carbonyl (C=O) groups is 1. The number of nitrogens with zero attached hydrogens (tertiary/aromatic N) is 1. The number of methoxy groups -OCH3 is 3. The van der Waals surface area contributed by atoms with Gasteiger partial charge in [0.2, 0.25) is 11.8 Å². The third-order valence-corrected chi connectivity index (χ3v) is 13.4. The van der Waals surface area contributed by atoms with Crippen molar-refractivity contribution in [1.29, 1.82) is 0 Å². The van der Waals surface area contributed by atoms with E-state index in [1.54, 1.807) is 39.4 Å². The molecule has 1 aliphatic rings. The van der Waals surface area contributed by atoms with Gasteiger partial charge >= 0.3 is 0 Å². The first-order chi connectivity index (χ1) is 20.6. The third kappa shape index (κ3) is 7.97. The van der Waals surface area contributed by atoms with Crippen LogP contribution in [0.1, 0.15) is 52.2 Å². The second-order valence-electron chi connectivity index (χ2n) is 12.9. The summed E-state index contributed by atoms with van der Waals surface area (Å²) in [5.74, 6) is 0.952. The first-order valence-corrected chi connectivity index (χ1v) is 17.7. The molecule has 0 radical (unpaired) electrons. The first-order valence-electron chi connectivity index (χ1n) is 14.8. The highest BCUT2D eigenvalue weighted by atomic mass is 28.4. The Kier molecular flexibility index (Phi) is 11.2. The highest BCUT2D eigenvalue weighted by molar-refractivity contribution is 6.74. The van der Waals surface area contributed by atoms with E-state index in [0.717, 1.165) is 5.56 Å². The van der Waals surface area contributed by atoms with Crippen molar-refractivity contribution < 1.29 is 33.1 Å². The standard InChI is InChI=1S/C34H47NO8Si/c1-23-26(34(5,41-8)21-31(40-7)32(23)36)20-29(43-44(9,10)33(2,3)4)27(35(37)38)18-25-16-17-28(39-6)30(19-25)42-22-24-14-12-11-13-15-24/h11-17,19,21,27,29H,18,20,22H2,1-10H3/t27-,29-,34-/m1/s1. The number of hydrogen-bond acceptors (Lipinski definition) is 8. The average molecular weight is 626 g/mol. The maximum Gasteiger partial charge on any atom is 0.241 e. The fourth-order valence-corrected chi connectivity index (χ4v) is 6.43. The van der Waals surface area contributed by atoms with E-state index in [4.69, 9.17) is 23.4 Å². The molecule has 240 valence electrons. The van der Waals surface area contributed by atoms with Gasteiger partial charge in [-0.15, -0.1) is 0 Å². The van der Waals surface area contributed by atoms with Crippen molar-refractivity contribution in [3.63, 3.8) is 0 Å². The molecule has 9 nitrogen and oxygen atoms in total. The summed E-state index contributed by atoms with van der Waals surface area (Å²) in [5, 5.41) is 12.7. The van der Waals surface area contributed by atoms with E-state index in [0.29, 0.717) is 34.8 Å². The molecule has 0 saturated carbocycles. The summed E-state index contributed by atoms with van der Waals surface area (Å²) < 4.78 is 29.7. The number of hydrogen-bond donors (Lipinski definition) is 0. The minimum atomic E-state index is -2.51. The lowest BCUT2D eigenvalue weighted by Gasteiger charge is -2.41. The van der Waals surface area contributed by atoms with Crippen LogP contribution in [0, 0.1) is 10.1 Å². The van der Waals surface area contributed by atoms with Crippen LogP contribution in [0.15, 0.2) is 71.5 Å². The van der Waals surface area contributed by atoms with Gasteiger partial charge in [-0.25, -0.2) is 0 Å². The molecule has 0 aromatic heterocycles. The molecule has 0 fully saturated rings. The van der Waals surface area contributed by atoms with Gasteiger partial charge in [0.25, 0.3) is 0 Å². The largest absolute Gasteiger partial charge is 0.493 e. The predicted molar refractivity (Wildman–Crippen MR) is 173 cm³/mol. The molecule has 0 amide bonds. The summed E-state index contributed by atoms with van der Waals surface area (Å²) in [6, 6.07) is 14.0. The molecule has 0 saturated heterocycles. The molecule has 1 aliphatic carbocycles. The number of rotatable bonds is 14. The molecule has 0 N–H and O–H groups in total. The lowest BCUT2D eigenvalue weighted by atomic mass is 9.80. The summed E-state index contributed by atoms with van der Waals surface area (Å²) in [6.07, 6.45) is 1.02. The Labute approximate surface area is 262 Å². The van der Waals surface area contributed by atoms with Crippen LogP contribution in [0.4, 0.5) is 0 Å². The van der Waals surface area contributed by atoms with Gasteiger partial charge in [-0.3, -0.25) is 14.9 Å². The van der Waals surface area contributed by atoms with Crippen molar-refractivity contribution in [2.24, 2.45) is 0 Å². The molecule has 0 spiro atoms. The van der Waals surface area contributed by atoms with Crippen LogP contribution in [-0.4, -0.2) is 58.1 Å². The average Bonchev–Trinajstić information content (AvgIpc) is 2.98. The second kappa shape index (κ2) is 14.1. The van der Waals surface area contributed by atoms with Gasteiger partial charge in [0.05, 0.1) is 14.2 Å². The van der Waals surface area contributed by atoms with Crippen LogP contribution in [0.2, 0.25) is 18.1 Å². The number of ether oxygens (including phenoxy) is 4. The number of ketones is 1. The predicted octanol–water partition coefficient (Wildman–Crippen LogP) is 7.08. The lowest BCUT2D eigenvalue weighted by Crippen LogP contribution is -2.50. The molecular weight excluding hydrogens is 578 g/mol. The van der Waals surface area contributed by atoms with Crippen molar-refractivity contribution in [2.75, 3.05) is 21.3 Å². The van der Waals surface area contributed by atoms with Crippen LogP contribution in [0.25, 0.3) is 0 Å². The van der Waals surface area contributed by atoms with E-state index >= 15 is 0 Å². The fourth-order valence-electron chi connectivity index (χ4n) is 5.08. The van der Waals surface area contributed by atoms with Crippen LogP contribution in [0.5, 0.6) is 11.5 Å². The minimum absolute atomic E-state index is 0.0844. The monoisotopic (exact) mass is 625 g/mol. The molecule has 10 heteroatoms. The van der Waals surface area contributed by atoms with E-state index < -0.39 is 26.1 Å². The van der Waals surface area contributed by atoms with Gasteiger partial charge in [-0.1, -0.05) is 57.2 Å². The van der Waals surface area contributed by atoms with Gasteiger partial charge < -0.3 is 23.4 Å². The van der Waals surface area contributed by atoms with E-state index in [1.165, 1.54) is 7.11 Å². The summed E-state index contributed by atoms with van der Waals surface area (Å²) in [5.41, 5.74) is 1.78. The molecular formula is C34H47NO8Si. The number of benzene rings is 2. The molecule has 3 atom stereocenters. The smallest absolute Gasteiger partial charge is 0.241 e. The Morgan fingerprint density at radius 2 is 1.61 bits per heavy atom.